The molecule has 27 heavy (non-hydrogen) atoms. The molecule has 0 radical (unpaired) electrons. The third kappa shape index (κ3) is 4.26. The van der Waals surface area contributed by atoms with E-state index in [0.717, 1.165) is 44.3 Å². The molecule has 1 aromatic rings. The minimum Gasteiger partial charge on any atom is -0.342 e. The highest BCUT2D eigenvalue weighted by Crippen LogP contribution is 2.37. The summed E-state index contributed by atoms with van der Waals surface area (Å²) < 4.78 is 0. The molecule has 3 aliphatic rings. The second-order valence-corrected chi connectivity index (χ2v) is 8.48. The molecule has 146 valence electrons. The minimum atomic E-state index is -0.146. The number of nitrogens with zero attached hydrogens (tertiary/aromatic N) is 3. The van der Waals surface area contributed by atoms with Crippen LogP contribution in [0.5, 0.6) is 0 Å². The third-order valence-electron chi connectivity index (χ3n) is 6.08. The Morgan fingerprint density at radius 2 is 1.93 bits per heavy atom. The number of likely N-dealkylation sites (tertiary alicyclic amines) is 1. The van der Waals surface area contributed by atoms with Crippen LogP contribution in [0.2, 0.25) is 0 Å². The lowest BCUT2D eigenvalue weighted by atomic mass is 9.86. The highest BCUT2D eigenvalue weighted by atomic mass is 16.2. The summed E-state index contributed by atoms with van der Waals surface area (Å²) >= 11 is 0. The van der Waals surface area contributed by atoms with E-state index in [1.807, 2.05) is 47.1 Å². The molecular weight excluding hydrogens is 340 g/mol. The second kappa shape index (κ2) is 7.50. The molecule has 4 rings (SSSR count). The maximum absolute atomic E-state index is 12.9. The topological polar surface area (TPSA) is 55.9 Å². The van der Waals surface area contributed by atoms with Crippen LogP contribution in [0.4, 0.5) is 10.5 Å². The van der Waals surface area contributed by atoms with Gasteiger partial charge in [0.25, 0.3) is 0 Å². The SMILES string of the molecule is CCN1C[C@@]2(CC1=O)CN(CC1CC1)CCN(C(=O)Nc1ccccc1)C2. The standard InChI is InChI=1S/C21H30N4O2/c1-2-24-15-21(12-19(24)26)14-23(13-17-8-9-17)10-11-25(16-21)20(27)22-18-6-4-3-5-7-18/h3-7,17H,2,8-16H2,1H3,(H,22,27)/t21-/m1/s1. The number of anilines is 1. The number of rotatable bonds is 4. The largest absolute Gasteiger partial charge is 0.342 e. The molecule has 2 saturated heterocycles. The average molecular weight is 370 g/mol. The van der Waals surface area contributed by atoms with Gasteiger partial charge in [0.1, 0.15) is 0 Å². The molecule has 6 heteroatoms. The van der Waals surface area contributed by atoms with Crippen molar-refractivity contribution < 1.29 is 9.59 Å². The van der Waals surface area contributed by atoms with Crippen LogP contribution in [0.3, 0.4) is 0 Å². The Kier molecular flexibility index (Phi) is 5.08. The van der Waals surface area contributed by atoms with Gasteiger partial charge >= 0.3 is 6.03 Å². The zero-order valence-corrected chi connectivity index (χ0v) is 16.2. The van der Waals surface area contributed by atoms with Gasteiger partial charge < -0.3 is 20.0 Å². The van der Waals surface area contributed by atoms with Crippen molar-refractivity contribution in [1.29, 1.82) is 0 Å². The van der Waals surface area contributed by atoms with Gasteiger partial charge in [0, 0.05) is 63.3 Å². The van der Waals surface area contributed by atoms with Crippen LogP contribution in [0.25, 0.3) is 0 Å². The molecule has 3 amide bonds. The molecular formula is C21H30N4O2. The number of nitrogens with one attached hydrogen (secondary N) is 1. The van der Waals surface area contributed by atoms with E-state index in [2.05, 4.69) is 10.2 Å². The van der Waals surface area contributed by atoms with Crippen LogP contribution in [-0.2, 0) is 4.79 Å². The molecule has 1 N–H and O–H groups in total. The smallest absolute Gasteiger partial charge is 0.321 e. The summed E-state index contributed by atoms with van der Waals surface area (Å²) in [5, 5.41) is 3.02. The number of hydrogen-bond donors (Lipinski definition) is 1. The number of amides is 3. The first-order valence-corrected chi connectivity index (χ1v) is 10.2. The van der Waals surface area contributed by atoms with E-state index in [0.29, 0.717) is 19.5 Å². The van der Waals surface area contributed by atoms with E-state index in [-0.39, 0.29) is 17.4 Å². The van der Waals surface area contributed by atoms with E-state index in [4.69, 9.17) is 0 Å². The van der Waals surface area contributed by atoms with Crippen LogP contribution in [0.1, 0.15) is 26.2 Å². The number of benzene rings is 1. The normalized spacial score (nSPS) is 26.5. The van der Waals surface area contributed by atoms with Crippen LogP contribution in [0.15, 0.2) is 30.3 Å². The molecule has 1 atom stereocenters. The first-order chi connectivity index (χ1) is 13.1. The summed E-state index contributed by atoms with van der Waals surface area (Å²) in [5.74, 6) is 1.04. The van der Waals surface area contributed by atoms with E-state index in [9.17, 15) is 9.59 Å². The van der Waals surface area contributed by atoms with Crippen molar-refractivity contribution >= 4 is 17.6 Å². The fourth-order valence-electron chi connectivity index (χ4n) is 4.55. The highest BCUT2D eigenvalue weighted by Gasteiger charge is 2.47. The molecule has 0 aromatic heterocycles. The lowest BCUT2D eigenvalue weighted by Gasteiger charge is -2.33. The summed E-state index contributed by atoms with van der Waals surface area (Å²) in [7, 11) is 0. The van der Waals surface area contributed by atoms with Crippen molar-refractivity contribution in [3.63, 3.8) is 0 Å². The van der Waals surface area contributed by atoms with Crippen molar-refractivity contribution in [1.82, 2.24) is 14.7 Å². The quantitative estimate of drug-likeness (QED) is 0.886. The van der Waals surface area contributed by atoms with E-state index in [1.165, 1.54) is 12.8 Å². The Balaban J connectivity index is 1.50. The van der Waals surface area contributed by atoms with Crippen molar-refractivity contribution in [3.8, 4) is 0 Å². The van der Waals surface area contributed by atoms with Crippen molar-refractivity contribution in [3.05, 3.63) is 30.3 Å². The van der Waals surface area contributed by atoms with Gasteiger partial charge in [0.15, 0.2) is 0 Å². The number of carbonyl (C=O) groups is 2. The van der Waals surface area contributed by atoms with Gasteiger partial charge in [0.05, 0.1) is 0 Å². The summed E-state index contributed by atoms with van der Waals surface area (Å²) in [5.41, 5.74) is 0.667. The number of carbonyl (C=O) groups excluding carboxylic acids is 2. The molecule has 3 fully saturated rings. The van der Waals surface area contributed by atoms with Crippen LogP contribution in [0, 0.1) is 11.3 Å². The third-order valence-corrected chi connectivity index (χ3v) is 6.08. The van der Waals surface area contributed by atoms with Gasteiger partial charge in [0.2, 0.25) is 5.91 Å². The van der Waals surface area contributed by atoms with E-state index in [1.54, 1.807) is 0 Å². The van der Waals surface area contributed by atoms with Gasteiger partial charge in [-0.3, -0.25) is 4.79 Å². The molecule has 1 saturated carbocycles. The fraction of sp³-hybridized carbons (Fsp3) is 0.619. The molecule has 0 unspecified atom stereocenters. The Labute approximate surface area is 161 Å². The molecule has 2 aliphatic heterocycles. The highest BCUT2D eigenvalue weighted by molar-refractivity contribution is 5.89. The number of urea groups is 1. The first-order valence-electron chi connectivity index (χ1n) is 10.2. The zero-order chi connectivity index (χ0) is 18.9. The lowest BCUT2D eigenvalue weighted by Crippen LogP contribution is -2.45. The zero-order valence-electron chi connectivity index (χ0n) is 16.2. The van der Waals surface area contributed by atoms with Crippen molar-refractivity contribution in [2.45, 2.75) is 26.2 Å². The van der Waals surface area contributed by atoms with E-state index >= 15 is 0 Å². The van der Waals surface area contributed by atoms with Gasteiger partial charge in [-0.05, 0) is 37.8 Å². The van der Waals surface area contributed by atoms with Gasteiger partial charge in [-0.2, -0.15) is 0 Å². The second-order valence-electron chi connectivity index (χ2n) is 8.48. The number of para-hydroxylation sites is 1. The van der Waals surface area contributed by atoms with E-state index < -0.39 is 0 Å². The summed E-state index contributed by atoms with van der Waals surface area (Å²) in [6, 6.07) is 9.54. The minimum absolute atomic E-state index is 0.0590. The Morgan fingerprint density at radius 1 is 1.15 bits per heavy atom. The first kappa shape index (κ1) is 18.3. The summed E-state index contributed by atoms with van der Waals surface area (Å²) in [6.07, 6.45) is 3.20. The van der Waals surface area contributed by atoms with Gasteiger partial charge in [-0.25, -0.2) is 4.79 Å². The molecule has 0 bridgehead atoms. The molecule has 1 aromatic carbocycles. The Morgan fingerprint density at radius 3 is 2.59 bits per heavy atom. The van der Waals surface area contributed by atoms with Crippen LogP contribution < -0.4 is 5.32 Å². The molecule has 2 heterocycles. The predicted molar refractivity (Wildman–Crippen MR) is 106 cm³/mol. The molecule has 1 spiro atoms. The maximum Gasteiger partial charge on any atom is 0.321 e. The average Bonchev–Trinajstić information content (AvgIpc) is 3.43. The fourth-order valence-corrected chi connectivity index (χ4v) is 4.55. The number of hydrogen-bond acceptors (Lipinski definition) is 3. The van der Waals surface area contributed by atoms with Gasteiger partial charge in [-0.15, -0.1) is 0 Å². The summed E-state index contributed by atoms with van der Waals surface area (Å²) in [4.78, 5) is 31.8. The van der Waals surface area contributed by atoms with Crippen LogP contribution >= 0.6 is 0 Å². The summed E-state index contributed by atoms with van der Waals surface area (Å²) in [6.45, 7) is 7.83. The molecule has 1 aliphatic carbocycles. The Bertz CT molecular complexity index is 691. The lowest BCUT2D eigenvalue weighted by molar-refractivity contribution is -0.127. The van der Waals surface area contributed by atoms with Crippen molar-refractivity contribution in [2.24, 2.45) is 11.3 Å². The van der Waals surface area contributed by atoms with Crippen LogP contribution in [-0.4, -0.2) is 72.5 Å². The molecule has 6 nitrogen and oxygen atoms in total. The monoisotopic (exact) mass is 370 g/mol. The van der Waals surface area contributed by atoms with Crippen molar-refractivity contribution in [2.75, 3.05) is 51.1 Å². The predicted octanol–water partition coefficient (Wildman–Crippen LogP) is 2.48. The van der Waals surface area contributed by atoms with Gasteiger partial charge in [-0.1, -0.05) is 18.2 Å². The maximum atomic E-state index is 12.9. The Hall–Kier alpha value is -2.08.